The van der Waals surface area contributed by atoms with E-state index in [4.69, 9.17) is 28.9 Å². The Morgan fingerprint density at radius 3 is 2.47 bits per heavy atom. The van der Waals surface area contributed by atoms with Crippen LogP contribution in [0.15, 0.2) is 18.2 Å². The summed E-state index contributed by atoms with van der Waals surface area (Å²) in [5.74, 6) is 0.912. The summed E-state index contributed by atoms with van der Waals surface area (Å²) < 4.78 is 0. The largest absolute Gasteiger partial charge is 0.382 e. The van der Waals surface area contributed by atoms with Crippen molar-refractivity contribution in [3.63, 3.8) is 0 Å². The normalized spacial score (nSPS) is 11.2. The molecule has 2 rings (SSSR count). The Balaban J connectivity index is 2.54. The molecule has 102 valence electrons. The van der Waals surface area contributed by atoms with Gasteiger partial charge >= 0.3 is 0 Å². The number of nitrogens with zero attached hydrogens (tertiary/aromatic N) is 1. The van der Waals surface area contributed by atoms with Crippen molar-refractivity contribution in [3.8, 4) is 11.1 Å². The van der Waals surface area contributed by atoms with E-state index in [0.29, 0.717) is 21.8 Å². The second kappa shape index (κ2) is 5.85. The first kappa shape index (κ1) is 14.2. The number of rotatable bonds is 4. The zero-order chi connectivity index (χ0) is 14.0. The molecule has 0 amide bonds. The topological polar surface area (TPSA) is 54.7 Å². The van der Waals surface area contributed by atoms with E-state index < -0.39 is 0 Å². The lowest BCUT2D eigenvalue weighted by molar-refractivity contribution is 0.622. The van der Waals surface area contributed by atoms with Gasteiger partial charge in [0.25, 0.3) is 0 Å². The Morgan fingerprint density at radius 2 is 1.89 bits per heavy atom. The Labute approximate surface area is 123 Å². The summed E-state index contributed by atoms with van der Waals surface area (Å²) in [6, 6.07) is 5.53. The van der Waals surface area contributed by atoms with E-state index in [0.717, 1.165) is 29.7 Å². The number of nitrogens with one attached hydrogen (secondary N) is 1. The molecular formula is C14H17Cl2N3. The van der Waals surface area contributed by atoms with Gasteiger partial charge in [-0.2, -0.15) is 5.10 Å². The van der Waals surface area contributed by atoms with Crippen LogP contribution in [-0.2, 0) is 0 Å². The van der Waals surface area contributed by atoms with E-state index >= 15 is 0 Å². The quantitative estimate of drug-likeness (QED) is 0.846. The van der Waals surface area contributed by atoms with E-state index in [1.165, 1.54) is 0 Å². The van der Waals surface area contributed by atoms with Gasteiger partial charge in [0.15, 0.2) is 5.82 Å². The summed E-state index contributed by atoms with van der Waals surface area (Å²) in [5, 5.41) is 8.26. The van der Waals surface area contributed by atoms with Crippen LogP contribution in [0.3, 0.4) is 0 Å². The van der Waals surface area contributed by atoms with Crippen molar-refractivity contribution in [2.45, 2.75) is 32.6 Å². The molecule has 0 aliphatic heterocycles. The van der Waals surface area contributed by atoms with E-state index in [2.05, 4.69) is 24.0 Å². The molecule has 3 N–H and O–H groups in total. The number of hydrogen-bond donors (Lipinski definition) is 2. The molecule has 1 aromatic carbocycles. The third-order valence-electron chi connectivity index (χ3n) is 3.42. The predicted octanol–water partition coefficient (Wildman–Crippen LogP) is 4.87. The van der Waals surface area contributed by atoms with E-state index in [1.807, 2.05) is 12.1 Å². The monoisotopic (exact) mass is 297 g/mol. The Bertz CT molecular complexity index is 574. The van der Waals surface area contributed by atoms with Gasteiger partial charge in [0.05, 0.1) is 10.0 Å². The second-order valence-electron chi connectivity index (χ2n) is 4.54. The molecule has 0 saturated heterocycles. The highest BCUT2D eigenvalue weighted by molar-refractivity contribution is 6.42. The standard InChI is InChI=1S/C14H17Cl2N3/c1-3-8(4-2)13-12(14(17)19-18-13)9-5-6-10(15)11(16)7-9/h5-8H,3-4H2,1-2H3,(H3,17,18,19). The average Bonchev–Trinajstić information content (AvgIpc) is 2.77. The minimum Gasteiger partial charge on any atom is -0.382 e. The zero-order valence-corrected chi connectivity index (χ0v) is 12.5. The predicted molar refractivity (Wildman–Crippen MR) is 81.8 cm³/mol. The number of hydrogen-bond acceptors (Lipinski definition) is 2. The van der Waals surface area contributed by atoms with Crippen LogP contribution in [0, 0.1) is 0 Å². The summed E-state index contributed by atoms with van der Waals surface area (Å²) >= 11 is 12.0. The average molecular weight is 298 g/mol. The number of H-pyrrole nitrogens is 1. The molecule has 19 heavy (non-hydrogen) atoms. The summed E-state index contributed by atoms with van der Waals surface area (Å²) in [6.07, 6.45) is 2.07. The second-order valence-corrected chi connectivity index (χ2v) is 5.35. The zero-order valence-electron chi connectivity index (χ0n) is 11.0. The Morgan fingerprint density at radius 1 is 1.21 bits per heavy atom. The number of benzene rings is 1. The van der Waals surface area contributed by atoms with Gasteiger partial charge in [-0.05, 0) is 30.5 Å². The molecule has 0 spiro atoms. The van der Waals surface area contributed by atoms with Crippen molar-refractivity contribution >= 4 is 29.0 Å². The maximum atomic E-state index is 6.08. The van der Waals surface area contributed by atoms with Gasteiger partial charge in [0, 0.05) is 17.2 Å². The van der Waals surface area contributed by atoms with Crippen LogP contribution in [0.4, 0.5) is 5.82 Å². The highest BCUT2D eigenvalue weighted by atomic mass is 35.5. The number of nitrogen functional groups attached to an aromatic ring is 1. The molecule has 1 aromatic heterocycles. The highest BCUT2D eigenvalue weighted by Gasteiger charge is 2.19. The van der Waals surface area contributed by atoms with E-state index in [9.17, 15) is 0 Å². The van der Waals surface area contributed by atoms with Crippen LogP contribution in [0.25, 0.3) is 11.1 Å². The maximum Gasteiger partial charge on any atom is 0.153 e. The number of aromatic amines is 1. The smallest absolute Gasteiger partial charge is 0.153 e. The molecule has 0 bridgehead atoms. The van der Waals surface area contributed by atoms with Crippen LogP contribution in [0.5, 0.6) is 0 Å². The van der Waals surface area contributed by atoms with Crippen molar-refractivity contribution in [1.29, 1.82) is 0 Å². The number of halogens is 2. The third-order valence-corrected chi connectivity index (χ3v) is 4.16. The van der Waals surface area contributed by atoms with Gasteiger partial charge < -0.3 is 5.73 Å². The Kier molecular flexibility index (Phi) is 4.38. The molecule has 1 heterocycles. The Hall–Kier alpha value is -1.19. The third kappa shape index (κ3) is 2.72. The van der Waals surface area contributed by atoms with Crippen LogP contribution in [-0.4, -0.2) is 10.2 Å². The fourth-order valence-electron chi connectivity index (χ4n) is 2.32. The van der Waals surface area contributed by atoms with Gasteiger partial charge in [0.1, 0.15) is 0 Å². The maximum absolute atomic E-state index is 6.08. The van der Waals surface area contributed by atoms with Crippen molar-refractivity contribution in [1.82, 2.24) is 10.2 Å². The lowest BCUT2D eigenvalue weighted by atomic mass is 9.93. The highest BCUT2D eigenvalue weighted by Crippen LogP contribution is 2.37. The van der Waals surface area contributed by atoms with E-state index in [-0.39, 0.29) is 0 Å². The molecule has 2 aromatic rings. The van der Waals surface area contributed by atoms with Gasteiger partial charge in [-0.1, -0.05) is 43.1 Å². The van der Waals surface area contributed by atoms with Crippen LogP contribution >= 0.6 is 23.2 Å². The van der Waals surface area contributed by atoms with Crippen LogP contribution < -0.4 is 5.73 Å². The first-order valence-corrected chi connectivity index (χ1v) is 7.13. The molecule has 3 nitrogen and oxygen atoms in total. The molecule has 5 heteroatoms. The SMILES string of the molecule is CCC(CC)c1[nH]nc(N)c1-c1ccc(Cl)c(Cl)c1. The van der Waals surface area contributed by atoms with Gasteiger partial charge in [-0.3, -0.25) is 5.10 Å². The molecule has 0 fully saturated rings. The van der Waals surface area contributed by atoms with Crippen molar-refractivity contribution < 1.29 is 0 Å². The van der Waals surface area contributed by atoms with Crippen molar-refractivity contribution in [2.24, 2.45) is 0 Å². The first-order chi connectivity index (χ1) is 9.08. The molecule has 0 unspecified atom stereocenters. The number of aromatic nitrogens is 2. The van der Waals surface area contributed by atoms with Gasteiger partial charge in [-0.15, -0.1) is 0 Å². The summed E-state index contributed by atoms with van der Waals surface area (Å²) in [4.78, 5) is 0. The van der Waals surface area contributed by atoms with Crippen molar-refractivity contribution in [3.05, 3.63) is 33.9 Å². The van der Waals surface area contributed by atoms with Gasteiger partial charge in [-0.25, -0.2) is 0 Å². The van der Waals surface area contributed by atoms with Gasteiger partial charge in [0.2, 0.25) is 0 Å². The molecule has 0 atom stereocenters. The van der Waals surface area contributed by atoms with Crippen molar-refractivity contribution in [2.75, 3.05) is 5.73 Å². The molecular weight excluding hydrogens is 281 g/mol. The van der Waals surface area contributed by atoms with E-state index in [1.54, 1.807) is 6.07 Å². The lowest BCUT2D eigenvalue weighted by Gasteiger charge is -2.13. The minimum absolute atomic E-state index is 0.411. The number of anilines is 1. The molecule has 0 saturated carbocycles. The summed E-state index contributed by atoms with van der Waals surface area (Å²) in [7, 11) is 0. The molecule has 0 aliphatic carbocycles. The molecule has 0 aliphatic rings. The lowest BCUT2D eigenvalue weighted by Crippen LogP contribution is -1.99. The summed E-state index contributed by atoms with van der Waals surface area (Å²) in [5.41, 5.74) is 8.94. The fraction of sp³-hybridized carbons (Fsp3) is 0.357. The minimum atomic E-state index is 0.411. The molecule has 0 radical (unpaired) electrons. The summed E-state index contributed by atoms with van der Waals surface area (Å²) in [6.45, 7) is 4.31. The van der Waals surface area contributed by atoms with Crippen LogP contribution in [0.2, 0.25) is 10.0 Å². The van der Waals surface area contributed by atoms with Crippen LogP contribution in [0.1, 0.15) is 38.3 Å². The fourth-order valence-corrected chi connectivity index (χ4v) is 2.62. The number of nitrogens with two attached hydrogens (primary N) is 1. The first-order valence-electron chi connectivity index (χ1n) is 6.37.